The van der Waals surface area contributed by atoms with Crippen molar-refractivity contribution in [2.24, 2.45) is 5.92 Å². The maximum absolute atomic E-state index is 12.5. The van der Waals surface area contributed by atoms with Crippen molar-refractivity contribution >= 4 is 34.9 Å². The number of amides is 1. The quantitative estimate of drug-likeness (QED) is 0.283. The number of hydrogen-bond donors (Lipinski definition) is 2. The Hall–Kier alpha value is -3.20. The number of Topliss-reactive ketones (excluding diaryl/α,β-unsaturated/α-hetero) is 1. The lowest BCUT2D eigenvalue weighted by Gasteiger charge is -2.20. The summed E-state index contributed by atoms with van der Waals surface area (Å²) in [6.07, 6.45) is 0. The number of carbonyl (C=O) groups excluding carboxylic acids is 3. The number of esters is 1. The first-order valence-electron chi connectivity index (χ1n) is 9.12. The van der Waals surface area contributed by atoms with Gasteiger partial charge in [-0.05, 0) is 38.0 Å². The van der Waals surface area contributed by atoms with Gasteiger partial charge in [0.05, 0.1) is 4.92 Å². The number of nitro benzene ring substituents is 1. The number of hydrogen-bond acceptors (Lipinski definition) is 6. The van der Waals surface area contributed by atoms with Crippen molar-refractivity contribution < 1.29 is 24.0 Å². The molecule has 1 amide bonds. The third-order valence-electron chi connectivity index (χ3n) is 4.41. The number of rotatable bonds is 8. The zero-order chi connectivity index (χ0) is 22.6. The van der Waals surface area contributed by atoms with E-state index in [0.717, 1.165) is 11.8 Å². The Morgan fingerprint density at radius 3 is 2.43 bits per heavy atom. The number of nitrogens with zero attached hydrogens (tertiary/aromatic N) is 1. The lowest BCUT2D eigenvalue weighted by atomic mass is 10.0. The molecule has 0 aliphatic rings. The Morgan fingerprint density at radius 2 is 1.90 bits per heavy atom. The highest BCUT2D eigenvalue weighted by Crippen LogP contribution is 2.25. The average Bonchev–Trinajstić information content (AvgIpc) is 3.01. The van der Waals surface area contributed by atoms with Crippen molar-refractivity contribution in [2.45, 2.75) is 33.7 Å². The third-order valence-corrected chi connectivity index (χ3v) is 4.73. The van der Waals surface area contributed by atoms with Gasteiger partial charge in [-0.2, -0.15) is 0 Å². The molecule has 0 aliphatic carbocycles. The predicted molar refractivity (Wildman–Crippen MR) is 110 cm³/mol. The molecular weight excluding hydrogens is 414 g/mol. The molecule has 1 atom stereocenters. The van der Waals surface area contributed by atoms with Gasteiger partial charge in [0.2, 0.25) is 5.78 Å². The van der Waals surface area contributed by atoms with Crippen LogP contribution >= 0.6 is 11.6 Å². The molecule has 1 aromatic carbocycles. The van der Waals surface area contributed by atoms with Gasteiger partial charge < -0.3 is 15.0 Å². The van der Waals surface area contributed by atoms with Crippen molar-refractivity contribution in [1.82, 2.24) is 10.3 Å². The Labute approximate surface area is 177 Å². The molecule has 0 saturated heterocycles. The second-order valence-electron chi connectivity index (χ2n) is 7.14. The fourth-order valence-electron chi connectivity index (χ4n) is 2.83. The minimum atomic E-state index is -1.05. The molecule has 0 saturated carbocycles. The highest BCUT2D eigenvalue weighted by atomic mass is 35.5. The molecule has 0 radical (unpaired) electrons. The first-order valence-corrected chi connectivity index (χ1v) is 9.50. The Kier molecular flexibility index (Phi) is 7.33. The average molecular weight is 436 g/mol. The lowest BCUT2D eigenvalue weighted by Crippen LogP contribution is -2.45. The number of ether oxygens (including phenoxy) is 1. The molecule has 2 rings (SSSR count). The van der Waals surface area contributed by atoms with E-state index in [1.165, 1.54) is 12.1 Å². The number of benzene rings is 1. The van der Waals surface area contributed by atoms with Gasteiger partial charge in [0.15, 0.2) is 6.61 Å². The molecule has 0 unspecified atom stereocenters. The molecule has 2 N–H and O–H groups in total. The van der Waals surface area contributed by atoms with Crippen molar-refractivity contribution in [1.29, 1.82) is 0 Å². The fourth-order valence-corrected chi connectivity index (χ4v) is 3.02. The highest BCUT2D eigenvalue weighted by Gasteiger charge is 2.28. The van der Waals surface area contributed by atoms with E-state index in [9.17, 15) is 24.5 Å². The van der Waals surface area contributed by atoms with E-state index in [-0.39, 0.29) is 22.3 Å². The molecule has 2 aromatic rings. The maximum Gasteiger partial charge on any atom is 0.329 e. The minimum absolute atomic E-state index is 0.0287. The number of nitro groups is 1. The predicted octanol–water partition coefficient (Wildman–Crippen LogP) is 3.37. The molecule has 9 nitrogen and oxygen atoms in total. The van der Waals surface area contributed by atoms with Crippen LogP contribution in [0.15, 0.2) is 24.3 Å². The van der Waals surface area contributed by atoms with Crippen LogP contribution in [0.2, 0.25) is 5.02 Å². The molecule has 160 valence electrons. The summed E-state index contributed by atoms with van der Waals surface area (Å²) >= 11 is 5.75. The normalized spacial score (nSPS) is 11.8. The van der Waals surface area contributed by atoms with Crippen molar-refractivity contribution in [3.05, 3.63) is 61.9 Å². The maximum atomic E-state index is 12.5. The molecule has 0 fully saturated rings. The van der Waals surface area contributed by atoms with Gasteiger partial charge in [-0.1, -0.05) is 25.4 Å². The number of aryl methyl sites for hydroxylation is 2. The van der Waals surface area contributed by atoms with Crippen LogP contribution in [0.25, 0.3) is 0 Å². The van der Waals surface area contributed by atoms with E-state index in [4.69, 9.17) is 16.3 Å². The molecule has 30 heavy (non-hydrogen) atoms. The zero-order valence-corrected chi connectivity index (χ0v) is 17.7. The van der Waals surface area contributed by atoms with Crippen LogP contribution in [0.1, 0.15) is 46.0 Å². The Morgan fingerprint density at radius 1 is 1.23 bits per heavy atom. The van der Waals surface area contributed by atoms with E-state index in [2.05, 4.69) is 10.3 Å². The van der Waals surface area contributed by atoms with Gasteiger partial charge in [-0.3, -0.25) is 19.7 Å². The molecular formula is C20H22ClN3O6. The lowest BCUT2D eigenvalue weighted by molar-refractivity contribution is -0.384. The number of H-pyrrole nitrogens is 1. The number of aromatic nitrogens is 1. The molecule has 0 aliphatic heterocycles. The summed E-state index contributed by atoms with van der Waals surface area (Å²) in [7, 11) is 0. The molecule has 0 spiro atoms. The summed E-state index contributed by atoms with van der Waals surface area (Å²) in [4.78, 5) is 50.6. The van der Waals surface area contributed by atoms with Gasteiger partial charge in [0.25, 0.3) is 11.6 Å². The summed E-state index contributed by atoms with van der Waals surface area (Å²) in [6, 6.07) is 4.20. The van der Waals surface area contributed by atoms with Gasteiger partial charge >= 0.3 is 5.97 Å². The summed E-state index contributed by atoms with van der Waals surface area (Å²) in [6.45, 7) is 6.46. The zero-order valence-electron chi connectivity index (χ0n) is 16.9. The van der Waals surface area contributed by atoms with E-state index >= 15 is 0 Å². The van der Waals surface area contributed by atoms with Crippen LogP contribution in [-0.2, 0) is 9.53 Å². The van der Waals surface area contributed by atoms with Gasteiger partial charge in [-0.15, -0.1) is 0 Å². The number of ketones is 1. The number of nitrogens with one attached hydrogen (secondary N) is 2. The molecule has 10 heteroatoms. The monoisotopic (exact) mass is 435 g/mol. The smallest absolute Gasteiger partial charge is 0.329 e. The van der Waals surface area contributed by atoms with Gasteiger partial charge in [0.1, 0.15) is 11.1 Å². The number of halogens is 1. The SMILES string of the molecule is Cc1cc(C(=O)COC(=O)[C@@H](NC(=O)c2ccc(Cl)c([N+](=O)[O-])c2)C(C)C)c(C)[nH]1. The largest absolute Gasteiger partial charge is 0.456 e. The number of carbonyl (C=O) groups is 3. The Balaban J connectivity index is 2.08. The number of aromatic amines is 1. The van der Waals surface area contributed by atoms with Crippen LogP contribution in [0.5, 0.6) is 0 Å². The van der Waals surface area contributed by atoms with Crippen LogP contribution in [0.3, 0.4) is 0 Å². The summed E-state index contributed by atoms with van der Waals surface area (Å²) in [5.74, 6) is -2.20. The molecule has 0 bridgehead atoms. The summed E-state index contributed by atoms with van der Waals surface area (Å²) < 4.78 is 5.12. The Bertz CT molecular complexity index is 998. The van der Waals surface area contributed by atoms with E-state index in [1.54, 1.807) is 33.8 Å². The van der Waals surface area contributed by atoms with Crippen molar-refractivity contribution in [2.75, 3.05) is 6.61 Å². The standard InChI is InChI=1S/C20H22ClN3O6/c1-10(2)18(20(27)30-9-17(25)14-7-11(3)22-12(14)4)23-19(26)13-5-6-15(21)16(8-13)24(28)29/h5-8,10,18,22H,9H2,1-4H3,(H,23,26)/t18-/m0/s1. The van der Waals surface area contributed by atoms with E-state index in [0.29, 0.717) is 11.3 Å². The van der Waals surface area contributed by atoms with Crippen LogP contribution in [-0.4, -0.2) is 40.2 Å². The summed E-state index contributed by atoms with van der Waals surface area (Å²) in [5, 5.41) is 13.4. The summed E-state index contributed by atoms with van der Waals surface area (Å²) in [5.41, 5.74) is 1.46. The van der Waals surface area contributed by atoms with Crippen molar-refractivity contribution in [3.63, 3.8) is 0 Å². The first kappa shape index (κ1) is 23.1. The third kappa shape index (κ3) is 5.44. The fraction of sp³-hybridized carbons (Fsp3) is 0.350. The van der Waals surface area contributed by atoms with Crippen LogP contribution in [0, 0.1) is 29.9 Å². The molecule has 1 heterocycles. The van der Waals surface area contributed by atoms with E-state index in [1.807, 2.05) is 0 Å². The minimum Gasteiger partial charge on any atom is -0.456 e. The second-order valence-corrected chi connectivity index (χ2v) is 7.55. The molecule has 1 aromatic heterocycles. The van der Waals surface area contributed by atoms with Crippen molar-refractivity contribution in [3.8, 4) is 0 Å². The van der Waals surface area contributed by atoms with Crippen LogP contribution in [0.4, 0.5) is 5.69 Å². The highest BCUT2D eigenvalue weighted by molar-refractivity contribution is 6.32. The van der Waals surface area contributed by atoms with Gasteiger partial charge in [-0.25, -0.2) is 4.79 Å². The van der Waals surface area contributed by atoms with Gasteiger partial charge in [0, 0.05) is 28.6 Å². The van der Waals surface area contributed by atoms with Crippen LogP contribution < -0.4 is 5.32 Å². The van der Waals surface area contributed by atoms with E-state index < -0.39 is 35.1 Å². The topological polar surface area (TPSA) is 131 Å². The first-order chi connectivity index (χ1) is 14.0. The second kappa shape index (κ2) is 9.53.